The van der Waals surface area contributed by atoms with Crippen molar-refractivity contribution < 1.29 is 9.84 Å². The summed E-state index contributed by atoms with van der Waals surface area (Å²) in [5, 5.41) is 9.88. The van der Waals surface area contributed by atoms with Gasteiger partial charge in [0.15, 0.2) is 5.65 Å². The summed E-state index contributed by atoms with van der Waals surface area (Å²) in [7, 11) is 0. The van der Waals surface area contributed by atoms with Gasteiger partial charge in [0.2, 0.25) is 5.95 Å². The first-order valence-corrected chi connectivity index (χ1v) is 7.25. The van der Waals surface area contributed by atoms with Crippen LogP contribution in [0.5, 0.6) is 0 Å². The van der Waals surface area contributed by atoms with Gasteiger partial charge in [0.25, 0.3) is 0 Å². The highest BCUT2D eigenvalue weighted by atomic mass is 32.2. The molecule has 3 heterocycles. The van der Waals surface area contributed by atoms with Crippen LogP contribution in [0.15, 0.2) is 11.4 Å². The molecule has 0 aliphatic carbocycles. The maximum Gasteiger partial charge on any atom is 0.223 e. The Balaban J connectivity index is 2.03. The van der Waals surface area contributed by atoms with Crippen LogP contribution < -0.4 is 5.73 Å². The minimum atomic E-state index is -0.147. The molecular weight excluding hydrogens is 266 g/mol. The molecule has 0 radical (unpaired) electrons. The maximum atomic E-state index is 9.12. The Morgan fingerprint density at radius 2 is 2.37 bits per heavy atom. The number of fused-ring (bicyclic) bond motifs is 1. The summed E-state index contributed by atoms with van der Waals surface area (Å²) in [6, 6.07) is 0. The SMILES string of the molecule is CSc1nc(N)nc2c1ncn2[C@H]1CC[C@@H](CO)O1. The van der Waals surface area contributed by atoms with Gasteiger partial charge < -0.3 is 15.6 Å². The number of nitrogens with two attached hydrogens (primary N) is 1. The van der Waals surface area contributed by atoms with Gasteiger partial charge in [-0.2, -0.15) is 4.98 Å². The second kappa shape index (κ2) is 4.95. The Kier molecular flexibility index (Phi) is 3.29. The fraction of sp³-hybridized carbons (Fsp3) is 0.545. The number of thioether (sulfide) groups is 1. The van der Waals surface area contributed by atoms with Gasteiger partial charge in [0.05, 0.1) is 19.0 Å². The van der Waals surface area contributed by atoms with Crippen molar-refractivity contribution in [3.05, 3.63) is 6.33 Å². The summed E-state index contributed by atoms with van der Waals surface area (Å²) in [6.45, 7) is 0.0380. The standard InChI is InChI=1S/C11H15N5O2S/c1-19-10-8-9(14-11(12)15-10)16(5-13-8)7-3-2-6(4-17)18-7/h5-7,17H,2-4H2,1H3,(H2,12,14,15)/t6-,7+/m0/s1. The number of nitrogens with zero attached hydrogens (tertiary/aromatic N) is 4. The molecule has 1 aliphatic rings. The molecule has 1 fully saturated rings. The number of nitrogen functional groups attached to an aromatic ring is 1. The van der Waals surface area contributed by atoms with Gasteiger partial charge in [-0.1, -0.05) is 0 Å². The lowest BCUT2D eigenvalue weighted by Gasteiger charge is -2.14. The largest absolute Gasteiger partial charge is 0.394 e. The lowest BCUT2D eigenvalue weighted by Crippen LogP contribution is -2.14. The first-order valence-electron chi connectivity index (χ1n) is 6.03. The molecule has 3 N–H and O–H groups in total. The number of rotatable bonds is 3. The van der Waals surface area contributed by atoms with Crippen LogP contribution in [-0.4, -0.2) is 43.6 Å². The van der Waals surface area contributed by atoms with Crippen LogP contribution >= 0.6 is 11.8 Å². The minimum absolute atomic E-state index is 0.0380. The van der Waals surface area contributed by atoms with E-state index in [1.54, 1.807) is 6.33 Å². The van der Waals surface area contributed by atoms with E-state index in [1.807, 2.05) is 10.8 Å². The van der Waals surface area contributed by atoms with Gasteiger partial charge in [-0.25, -0.2) is 9.97 Å². The molecule has 2 aromatic rings. The first kappa shape index (κ1) is 12.6. The van der Waals surface area contributed by atoms with E-state index in [4.69, 9.17) is 15.6 Å². The Hall–Kier alpha value is -1.38. The Morgan fingerprint density at radius 3 is 3.05 bits per heavy atom. The Labute approximate surface area is 114 Å². The van der Waals surface area contributed by atoms with Crippen LogP contribution in [0.1, 0.15) is 19.1 Å². The minimum Gasteiger partial charge on any atom is -0.394 e. The highest BCUT2D eigenvalue weighted by molar-refractivity contribution is 7.98. The molecule has 102 valence electrons. The fourth-order valence-electron chi connectivity index (χ4n) is 2.29. The fourth-order valence-corrected chi connectivity index (χ4v) is 2.81. The molecule has 0 aromatic carbocycles. The highest BCUT2D eigenvalue weighted by Crippen LogP contribution is 2.32. The summed E-state index contributed by atoms with van der Waals surface area (Å²) in [6.07, 6.45) is 5.02. The third-order valence-electron chi connectivity index (χ3n) is 3.20. The van der Waals surface area contributed by atoms with Gasteiger partial charge >= 0.3 is 0 Å². The smallest absolute Gasteiger partial charge is 0.223 e. The van der Waals surface area contributed by atoms with E-state index >= 15 is 0 Å². The second-order valence-corrected chi connectivity index (χ2v) is 5.18. The molecule has 19 heavy (non-hydrogen) atoms. The zero-order chi connectivity index (χ0) is 13.4. The average Bonchev–Trinajstić information content (AvgIpc) is 3.03. The molecule has 0 spiro atoms. The first-order chi connectivity index (χ1) is 9.22. The van der Waals surface area contributed by atoms with Crippen molar-refractivity contribution >= 4 is 28.9 Å². The van der Waals surface area contributed by atoms with Crippen molar-refractivity contribution in [3.63, 3.8) is 0 Å². The van der Waals surface area contributed by atoms with Crippen molar-refractivity contribution in [1.29, 1.82) is 0 Å². The van der Waals surface area contributed by atoms with Crippen LogP contribution in [0.4, 0.5) is 5.95 Å². The second-order valence-electron chi connectivity index (χ2n) is 4.39. The summed E-state index contributed by atoms with van der Waals surface area (Å²) in [4.78, 5) is 12.8. The van der Waals surface area contributed by atoms with Crippen LogP contribution in [-0.2, 0) is 4.74 Å². The van der Waals surface area contributed by atoms with E-state index in [1.165, 1.54) is 11.8 Å². The predicted octanol–water partition coefficient (Wildman–Crippen LogP) is 0.800. The van der Waals surface area contributed by atoms with Crippen LogP contribution in [0.3, 0.4) is 0 Å². The lowest BCUT2D eigenvalue weighted by atomic mass is 10.2. The molecule has 8 heteroatoms. The molecule has 3 rings (SSSR count). The number of anilines is 1. The van der Waals surface area contributed by atoms with Gasteiger partial charge in [-0.05, 0) is 19.1 Å². The summed E-state index contributed by atoms with van der Waals surface area (Å²) in [5.41, 5.74) is 7.14. The molecule has 1 saturated heterocycles. The van der Waals surface area contributed by atoms with Crippen LogP contribution in [0.25, 0.3) is 11.2 Å². The molecule has 0 saturated carbocycles. The number of aliphatic hydroxyl groups is 1. The van der Waals surface area contributed by atoms with Crippen molar-refractivity contribution in [2.75, 3.05) is 18.6 Å². The normalized spacial score (nSPS) is 23.3. The van der Waals surface area contributed by atoms with Crippen molar-refractivity contribution in [1.82, 2.24) is 19.5 Å². The number of hydrogen-bond donors (Lipinski definition) is 2. The van der Waals surface area contributed by atoms with E-state index in [-0.39, 0.29) is 24.9 Å². The van der Waals surface area contributed by atoms with Gasteiger partial charge in [-0.15, -0.1) is 11.8 Å². The monoisotopic (exact) mass is 281 g/mol. The third kappa shape index (κ3) is 2.15. The Morgan fingerprint density at radius 1 is 1.53 bits per heavy atom. The molecule has 0 bridgehead atoms. The predicted molar refractivity (Wildman–Crippen MR) is 71.7 cm³/mol. The molecule has 1 aliphatic heterocycles. The van der Waals surface area contributed by atoms with E-state index in [2.05, 4.69) is 15.0 Å². The number of aliphatic hydroxyl groups excluding tert-OH is 1. The summed E-state index contributed by atoms with van der Waals surface area (Å²) in [5.74, 6) is 0.232. The molecule has 2 atom stereocenters. The molecular formula is C11H15N5O2S. The summed E-state index contributed by atoms with van der Waals surface area (Å²) >= 11 is 1.49. The topological polar surface area (TPSA) is 99.1 Å². The van der Waals surface area contributed by atoms with Crippen LogP contribution in [0, 0.1) is 0 Å². The molecule has 2 aromatic heterocycles. The number of hydrogen-bond acceptors (Lipinski definition) is 7. The van der Waals surface area contributed by atoms with Crippen molar-refractivity contribution in [2.24, 2.45) is 0 Å². The van der Waals surface area contributed by atoms with E-state index in [0.29, 0.717) is 5.65 Å². The zero-order valence-corrected chi connectivity index (χ0v) is 11.3. The third-order valence-corrected chi connectivity index (χ3v) is 3.87. The van der Waals surface area contributed by atoms with E-state index in [9.17, 15) is 0 Å². The number of imidazole rings is 1. The quantitative estimate of drug-likeness (QED) is 0.634. The van der Waals surface area contributed by atoms with E-state index in [0.717, 1.165) is 23.4 Å². The Bertz CT molecular complexity index is 602. The van der Waals surface area contributed by atoms with Gasteiger partial charge in [0, 0.05) is 0 Å². The zero-order valence-electron chi connectivity index (χ0n) is 10.5. The highest BCUT2D eigenvalue weighted by Gasteiger charge is 2.28. The number of ether oxygens (including phenoxy) is 1. The molecule has 0 unspecified atom stereocenters. The van der Waals surface area contributed by atoms with Crippen molar-refractivity contribution in [3.8, 4) is 0 Å². The molecule has 0 amide bonds. The van der Waals surface area contributed by atoms with Gasteiger partial charge in [-0.3, -0.25) is 4.57 Å². The van der Waals surface area contributed by atoms with E-state index < -0.39 is 0 Å². The average molecular weight is 281 g/mol. The maximum absolute atomic E-state index is 9.12. The lowest BCUT2D eigenvalue weighted by molar-refractivity contribution is -0.0207. The van der Waals surface area contributed by atoms with Crippen molar-refractivity contribution in [2.45, 2.75) is 30.2 Å². The molecule has 7 nitrogen and oxygen atoms in total. The number of aromatic nitrogens is 4. The van der Waals surface area contributed by atoms with Crippen LogP contribution in [0.2, 0.25) is 0 Å². The summed E-state index contributed by atoms with van der Waals surface area (Å²) < 4.78 is 7.61. The van der Waals surface area contributed by atoms with Gasteiger partial charge in [0.1, 0.15) is 16.8 Å².